The van der Waals surface area contributed by atoms with Gasteiger partial charge < -0.3 is 15.3 Å². The summed E-state index contributed by atoms with van der Waals surface area (Å²) in [5, 5.41) is 11.3. The topological polar surface area (TPSA) is 86.7 Å². The van der Waals surface area contributed by atoms with Gasteiger partial charge in [-0.1, -0.05) is 42.5 Å². The zero-order valence-corrected chi connectivity index (χ0v) is 13.9. The van der Waals surface area contributed by atoms with Gasteiger partial charge in [0.2, 0.25) is 5.91 Å². The third-order valence-corrected chi connectivity index (χ3v) is 3.61. The minimum absolute atomic E-state index is 0.141. The largest absolute Gasteiger partial charge is 0.481 e. The van der Waals surface area contributed by atoms with E-state index in [1.54, 1.807) is 36.2 Å². The highest BCUT2D eigenvalue weighted by atomic mass is 16.4. The fraction of sp³-hybridized carbons (Fsp3) is 0.211. The summed E-state index contributed by atoms with van der Waals surface area (Å²) in [4.78, 5) is 36.7. The zero-order chi connectivity index (χ0) is 18.2. The maximum Gasteiger partial charge on any atom is 0.303 e. The van der Waals surface area contributed by atoms with Gasteiger partial charge in [0.1, 0.15) is 0 Å². The van der Waals surface area contributed by atoms with Crippen LogP contribution in [0.2, 0.25) is 0 Å². The van der Waals surface area contributed by atoms with Gasteiger partial charge in [-0.3, -0.25) is 14.4 Å². The van der Waals surface area contributed by atoms with Crippen LogP contribution in [0.15, 0.2) is 54.6 Å². The minimum Gasteiger partial charge on any atom is -0.481 e. The van der Waals surface area contributed by atoms with E-state index in [1.807, 2.05) is 30.3 Å². The van der Waals surface area contributed by atoms with E-state index in [4.69, 9.17) is 5.11 Å². The highest BCUT2D eigenvalue weighted by molar-refractivity contribution is 6.03. The van der Waals surface area contributed by atoms with Gasteiger partial charge in [-0.25, -0.2) is 0 Å². The maximum absolute atomic E-state index is 12.7. The average molecular weight is 340 g/mol. The van der Waals surface area contributed by atoms with E-state index in [-0.39, 0.29) is 18.7 Å². The van der Waals surface area contributed by atoms with Crippen molar-refractivity contribution in [2.24, 2.45) is 0 Å². The molecule has 0 saturated carbocycles. The summed E-state index contributed by atoms with van der Waals surface area (Å²) in [6, 6.07) is 16.3. The first kappa shape index (κ1) is 18.2. The van der Waals surface area contributed by atoms with E-state index in [9.17, 15) is 14.4 Å². The quantitative estimate of drug-likeness (QED) is 0.811. The molecule has 0 aliphatic carbocycles. The van der Waals surface area contributed by atoms with Crippen LogP contribution >= 0.6 is 0 Å². The third-order valence-electron chi connectivity index (χ3n) is 3.61. The van der Waals surface area contributed by atoms with Gasteiger partial charge in [0.15, 0.2) is 0 Å². The molecule has 6 heteroatoms. The van der Waals surface area contributed by atoms with Crippen LogP contribution in [-0.4, -0.2) is 34.8 Å². The van der Waals surface area contributed by atoms with Crippen LogP contribution in [-0.2, 0) is 16.1 Å². The number of carbonyl (C=O) groups excluding carboxylic acids is 2. The number of hydrogen-bond donors (Lipinski definition) is 2. The summed E-state index contributed by atoms with van der Waals surface area (Å²) >= 11 is 0. The Morgan fingerprint density at radius 1 is 0.960 bits per heavy atom. The Morgan fingerprint density at radius 3 is 2.28 bits per heavy atom. The molecule has 0 heterocycles. The lowest BCUT2D eigenvalue weighted by molar-refractivity contribution is -0.138. The molecular formula is C19H20N2O4. The van der Waals surface area contributed by atoms with Crippen LogP contribution in [0.1, 0.15) is 28.8 Å². The van der Waals surface area contributed by atoms with E-state index in [1.165, 1.54) is 0 Å². The third kappa shape index (κ3) is 5.46. The molecule has 0 aliphatic heterocycles. The molecule has 0 aliphatic rings. The fourth-order valence-corrected chi connectivity index (χ4v) is 2.35. The van der Waals surface area contributed by atoms with Gasteiger partial charge in [-0.05, 0) is 17.7 Å². The van der Waals surface area contributed by atoms with E-state index in [2.05, 4.69) is 5.32 Å². The first-order valence-corrected chi connectivity index (χ1v) is 7.87. The molecule has 0 spiro atoms. The van der Waals surface area contributed by atoms with E-state index < -0.39 is 11.9 Å². The van der Waals surface area contributed by atoms with Crippen LogP contribution in [0.3, 0.4) is 0 Å². The lowest BCUT2D eigenvalue weighted by Crippen LogP contribution is -2.27. The van der Waals surface area contributed by atoms with Crippen molar-refractivity contribution in [1.29, 1.82) is 0 Å². The Morgan fingerprint density at radius 2 is 1.60 bits per heavy atom. The molecule has 0 radical (unpaired) electrons. The van der Waals surface area contributed by atoms with Crippen LogP contribution in [0.4, 0.5) is 5.69 Å². The molecule has 25 heavy (non-hydrogen) atoms. The van der Waals surface area contributed by atoms with Crippen LogP contribution in [0, 0.1) is 0 Å². The molecule has 2 amide bonds. The van der Waals surface area contributed by atoms with Crippen molar-refractivity contribution in [2.45, 2.75) is 19.4 Å². The molecule has 2 rings (SSSR count). The highest BCUT2D eigenvalue weighted by Gasteiger charge is 2.17. The number of para-hydroxylation sites is 1. The Labute approximate surface area is 146 Å². The number of amides is 2. The number of carboxylic acid groups (broad SMARTS) is 1. The molecule has 2 aromatic carbocycles. The van der Waals surface area contributed by atoms with Crippen molar-refractivity contribution in [3.8, 4) is 0 Å². The molecule has 0 aromatic heterocycles. The molecular weight excluding hydrogens is 320 g/mol. The summed E-state index contributed by atoms with van der Waals surface area (Å²) in [5.74, 6) is -1.70. The summed E-state index contributed by atoms with van der Waals surface area (Å²) in [6.45, 7) is 0.445. The van der Waals surface area contributed by atoms with E-state index in [0.717, 1.165) is 5.56 Å². The second-order valence-corrected chi connectivity index (χ2v) is 5.63. The smallest absolute Gasteiger partial charge is 0.303 e. The number of nitrogens with one attached hydrogen (secondary N) is 1. The fourth-order valence-electron chi connectivity index (χ4n) is 2.35. The Balaban J connectivity index is 2.09. The standard InChI is InChI=1S/C19H20N2O4/c1-21(13-14-7-3-2-4-8-14)19(25)15-9-5-6-10-16(15)20-17(22)11-12-18(23)24/h2-10H,11-13H2,1H3,(H,20,22)(H,23,24). The monoisotopic (exact) mass is 340 g/mol. The molecule has 0 bridgehead atoms. The summed E-state index contributed by atoms with van der Waals surface area (Å²) < 4.78 is 0. The van der Waals surface area contributed by atoms with Crippen molar-refractivity contribution in [3.05, 3.63) is 65.7 Å². The molecule has 0 atom stereocenters. The van der Waals surface area contributed by atoms with E-state index >= 15 is 0 Å². The minimum atomic E-state index is -1.04. The molecule has 0 saturated heterocycles. The first-order valence-electron chi connectivity index (χ1n) is 7.87. The molecule has 2 N–H and O–H groups in total. The number of carboxylic acids is 1. The van der Waals surface area contributed by atoms with Gasteiger partial charge >= 0.3 is 5.97 Å². The summed E-state index contributed by atoms with van der Waals surface area (Å²) in [7, 11) is 1.69. The van der Waals surface area contributed by atoms with Crippen LogP contribution in [0.5, 0.6) is 0 Å². The molecule has 6 nitrogen and oxygen atoms in total. The number of benzene rings is 2. The van der Waals surface area contributed by atoms with Crippen molar-refractivity contribution in [2.75, 3.05) is 12.4 Å². The summed E-state index contributed by atoms with van der Waals surface area (Å²) in [5.41, 5.74) is 1.74. The Hall–Kier alpha value is -3.15. The predicted molar refractivity (Wildman–Crippen MR) is 94.2 cm³/mol. The summed E-state index contributed by atoms with van der Waals surface area (Å²) in [6.07, 6.45) is -0.395. The number of hydrogen-bond acceptors (Lipinski definition) is 3. The lowest BCUT2D eigenvalue weighted by atomic mass is 10.1. The first-order chi connectivity index (χ1) is 12.0. The highest BCUT2D eigenvalue weighted by Crippen LogP contribution is 2.18. The van der Waals surface area contributed by atoms with E-state index in [0.29, 0.717) is 17.8 Å². The van der Waals surface area contributed by atoms with Gasteiger partial charge in [-0.2, -0.15) is 0 Å². The number of rotatable bonds is 7. The molecule has 0 fully saturated rings. The second kappa shape index (κ2) is 8.63. The Kier molecular flexibility index (Phi) is 6.28. The predicted octanol–water partition coefficient (Wildman–Crippen LogP) is 2.76. The number of carbonyl (C=O) groups is 3. The van der Waals surface area contributed by atoms with Gasteiger partial charge in [-0.15, -0.1) is 0 Å². The molecule has 0 unspecified atom stereocenters. The van der Waals surface area contributed by atoms with Crippen LogP contribution in [0.25, 0.3) is 0 Å². The Bertz CT molecular complexity index is 759. The van der Waals surface area contributed by atoms with Crippen LogP contribution < -0.4 is 5.32 Å². The van der Waals surface area contributed by atoms with Crippen molar-refractivity contribution in [3.63, 3.8) is 0 Å². The number of aliphatic carboxylic acids is 1. The van der Waals surface area contributed by atoms with Gasteiger partial charge in [0.25, 0.3) is 5.91 Å². The second-order valence-electron chi connectivity index (χ2n) is 5.63. The molecule has 2 aromatic rings. The van der Waals surface area contributed by atoms with Gasteiger partial charge in [0.05, 0.1) is 17.7 Å². The number of anilines is 1. The SMILES string of the molecule is CN(Cc1ccccc1)C(=O)c1ccccc1NC(=O)CCC(=O)O. The number of nitrogens with zero attached hydrogens (tertiary/aromatic N) is 1. The van der Waals surface area contributed by atoms with Crippen molar-refractivity contribution in [1.82, 2.24) is 4.90 Å². The maximum atomic E-state index is 12.7. The van der Waals surface area contributed by atoms with Gasteiger partial charge in [0, 0.05) is 20.0 Å². The normalized spacial score (nSPS) is 10.1. The zero-order valence-electron chi connectivity index (χ0n) is 13.9. The molecule has 130 valence electrons. The van der Waals surface area contributed by atoms with Crippen molar-refractivity contribution < 1.29 is 19.5 Å². The lowest BCUT2D eigenvalue weighted by Gasteiger charge is -2.19. The average Bonchev–Trinajstić information content (AvgIpc) is 2.60. The van der Waals surface area contributed by atoms with Crippen molar-refractivity contribution >= 4 is 23.5 Å².